The lowest BCUT2D eigenvalue weighted by molar-refractivity contribution is 0.0933. The number of halogens is 1. The summed E-state index contributed by atoms with van der Waals surface area (Å²) in [5.41, 5.74) is 4.92. The fraction of sp³-hybridized carbons (Fsp3) is 0.250. The van der Waals surface area contributed by atoms with Crippen LogP contribution in [0.2, 0.25) is 0 Å². The molecule has 5 rings (SSSR count). The number of hydrogen-bond donors (Lipinski definition) is 2. The predicted molar refractivity (Wildman–Crippen MR) is 140 cm³/mol. The highest BCUT2D eigenvalue weighted by atomic mass is 32.1. The molecule has 2 aromatic heterocycles. The standard InChI is InChI=1S/C28H27FN4O2S/c1-17(31-28(35)23-10-13-27(34)33(32-23)24-9-4-3-8-22(24)29)25-11-12-26(36-25)21-15-19-7-5-6-18(19)14-20(21)16-30-2/h3-4,8-15,17,30H,5-7,16H2,1-2H3,(H,31,35)/t17-/m1/s1. The quantitative estimate of drug-likeness (QED) is 0.381. The lowest BCUT2D eigenvalue weighted by atomic mass is 9.99. The van der Waals surface area contributed by atoms with Crippen molar-refractivity contribution in [3.63, 3.8) is 0 Å². The summed E-state index contributed by atoms with van der Waals surface area (Å²) in [4.78, 5) is 27.4. The number of carbonyl (C=O) groups is 1. The largest absolute Gasteiger partial charge is 0.343 e. The van der Waals surface area contributed by atoms with Crippen LogP contribution in [0.4, 0.5) is 4.39 Å². The number of hydrogen-bond acceptors (Lipinski definition) is 5. The Labute approximate surface area is 212 Å². The lowest BCUT2D eigenvalue weighted by Gasteiger charge is -2.13. The van der Waals surface area contributed by atoms with Crippen molar-refractivity contribution in [2.24, 2.45) is 0 Å². The minimum atomic E-state index is -0.590. The number of nitrogens with zero attached hydrogens (tertiary/aromatic N) is 2. The third kappa shape index (κ3) is 4.74. The SMILES string of the molecule is CNCc1cc2c(cc1-c1ccc([C@@H](C)NC(=O)c3ccc(=O)n(-c4ccccc4F)n3)s1)CCC2. The van der Waals surface area contributed by atoms with Crippen molar-refractivity contribution in [2.45, 2.75) is 38.8 Å². The zero-order chi connectivity index (χ0) is 25.2. The molecule has 0 fully saturated rings. The minimum Gasteiger partial charge on any atom is -0.343 e. The second-order valence-corrected chi connectivity index (χ2v) is 10.1. The first-order chi connectivity index (χ1) is 17.4. The van der Waals surface area contributed by atoms with Crippen molar-refractivity contribution < 1.29 is 9.18 Å². The fourth-order valence-electron chi connectivity index (χ4n) is 4.64. The number of benzene rings is 2. The number of fused-ring (bicyclic) bond motifs is 1. The van der Waals surface area contributed by atoms with E-state index < -0.39 is 17.3 Å². The van der Waals surface area contributed by atoms with Gasteiger partial charge in [-0.3, -0.25) is 9.59 Å². The second-order valence-electron chi connectivity index (χ2n) is 8.98. The molecule has 1 aliphatic carbocycles. The number of aromatic nitrogens is 2. The highest BCUT2D eigenvalue weighted by Crippen LogP contribution is 2.37. The van der Waals surface area contributed by atoms with E-state index in [2.05, 4.69) is 33.9 Å². The highest BCUT2D eigenvalue weighted by molar-refractivity contribution is 7.15. The molecule has 2 N–H and O–H groups in total. The summed E-state index contributed by atoms with van der Waals surface area (Å²) in [6.45, 7) is 2.71. The fourth-order valence-corrected chi connectivity index (χ4v) is 5.70. The van der Waals surface area contributed by atoms with E-state index in [4.69, 9.17) is 0 Å². The Balaban J connectivity index is 1.37. The average Bonchev–Trinajstić information content (AvgIpc) is 3.54. The second kappa shape index (κ2) is 10.2. The molecule has 1 amide bonds. The van der Waals surface area contributed by atoms with Crippen LogP contribution < -0.4 is 16.2 Å². The van der Waals surface area contributed by atoms with Crippen molar-refractivity contribution in [3.05, 3.63) is 104 Å². The summed E-state index contributed by atoms with van der Waals surface area (Å²) in [6, 6.07) is 16.9. The summed E-state index contributed by atoms with van der Waals surface area (Å²) in [5.74, 6) is -1.02. The Hall–Kier alpha value is -3.62. The number of carbonyl (C=O) groups excluding carboxylic acids is 1. The topological polar surface area (TPSA) is 76.0 Å². The van der Waals surface area contributed by atoms with Gasteiger partial charge in [-0.2, -0.15) is 9.78 Å². The number of nitrogens with one attached hydrogen (secondary N) is 2. The molecule has 36 heavy (non-hydrogen) atoms. The van der Waals surface area contributed by atoms with Gasteiger partial charge in [0, 0.05) is 22.4 Å². The predicted octanol–water partition coefficient (Wildman–Crippen LogP) is 4.80. The smallest absolute Gasteiger partial charge is 0.272 e. The molecule has 2 aromatic carbocycles. The van der Waals surface area contributed by atoms with Crippen molar-refractivity contribution in [1.82, 2.24) is 20.4 Å². The molecule has 1 atom stereocenters. The summed E-state index contributed by atoms with van der Waals surface area (Å²) >= 11 is 1.65. The van der Waals surface area contributed by atoms with Crippen LogP contribution in [-0.4, -0.2) is 22.7 Å². The highest BCUT2D eigenvalue weighted by Gasteiger charge is 2.19. The monoisotopic (exact) mass is 502 g/mol. The summed E-state index contributed by atoms with van der Waals surface area (Å²) in [5, 5.41) is 10.4. The first-order valence-electron chi connectivity index (χ1n) is 12.0. The molecule has 184 valence electrons. The van der Waals surface area contributed by atoms with Gasteiger partial charge >= 0.3 is 0 Å². The molecule has 1 aliphatic rings. The number of thiophene rings is 1. The van der Waals surface area contributed by atoms with E-state index in [1.54, 1.807) is 17.4 Å². The van der Waals surface area contributed by atoms with Gasteiger partial charge in [0.25, 0.3) is 11.5 Å². The number of aryl methyl sites for hydroxylation is 2. The van der Waals surface area contributed by atoms with Crippen LogP contribution >= 0.6 is 11.3 Å². The summed E-state index contributed by atoms with van der Waals surface area (Å²) in [7, 11) is 1.96. The normalized spacial score (nSPS) is 13.4. The van der Waals surface area contributed by atoms with E-state index in [0.717, 1.165) is 33.8 Å². The van der Waals surface area contributed by atoms with Gasteiger partial charge in [0.05, 0.1) is 6.04 Å². The first kappa shape index (κ1) is 24.1. The van der Waals surface area contributed by atoms with E-state index in [1.165, 1.54) is 59.0 Å². The van der Waals surface area contributed by atoms with E-state index in [0.29, 0.717) is 0 Å². The van der Waals surface area contributed by atoms with Gasteiger partial charge in [-0.15, -0.1) is 11.3 Å². The Morgan fingerprint density at radius 2 is 1.89 bits per heavy atom. The van der Waals surface area contributed by atoms with Gasteiger partial charge in [-0.05, 0) is 91.9 Å². The van der Waals surface area contributed by atoms with Crippen LogP contribution in [-0.2, 0) is 19.4 Å². The molecular formula is C28H27FN4O2S. The van der Waals surface area contributed by atoms with Crippen LogP contribution in [0.25, 0.3) is 16.1 Å². The van der Waals surface area contributed by atoms with Crippen LogP contribution in [0, 0.1) is 5.82 Å². The van der Waals surface area contributed by atoms with Crippen LogP contribution in [0.5, 0.6) is 0 Å². The average molecular weight is 503 g/mol. The van der Waals surface area contributed by atoms with E-state index >= 15 is 0 Å². The molecule has 0 saturated heterocycles. The minimum absolute atomic E-state index is 0.000170. The zero-order valence-corrected chi connectivity index (χ0v) is 21.0. The van der Waals surface area contributed by atoms with Crippen LogP contribution in [0.1, 0.15) is 51.4 Å². The van der Waals surface area contributed by atoms with Crippen molar-refractivity contribution in [2.75, 3.05) is 7.05 Å². The Morgan fingerprint density at radius 1 is 1.11 bits per heavy atom. The number of para-hydroxylation sites is 1. The molecule has 0 unspecified atom stereocenters. The Bertz CT molecular complexity index is 1490. The molecule has 4 aromatic rings. The molecular weight excluding hydrogens is 475 g/mol. The van der Waals surface area contributed by atoms with E-state index in [1.807, 2.05) is 20.0 Å². The maximum atomic E-state index is 14.2. The van der Waals surface area contributed by atoms with Gasteiger partial charge in [0.15, 0.2) is 0 Å². The molecule has 6 nitrogen and oxygen atoms in total. The third-order valence-corrected chi connectivity index (χ3v) is 7.77. The van der Waals surface area contributed by atoms with Crippen LogP contribution in [0.3, 0.4) is 0 Å². The summed E-state index contributed by atoms with van der Waals surface area (Å²) < 4.78 is 15.1. The Kier molecular flexibility index (Phi) is 6.80. The van der Waals surface area contributed by atoms with E-state index in [9.17, 15) is 14.0 Å². The lowest BCUT2D eigenvalue weighted by Crippen LogP contribution is -2.30. The van der Waals surface area contributed by atoms with Crippen molar-refractivity contribution in [1.29, 1.82) is 0 Å². The van der Waals surface area contributed by atoms with Gasteiger partial charge in [0.1, 0.15) is 17.2 Å². The maximum absolute atomic E-state index is 14.2. The molecule has 0 saturated carbocycles. The van der Waals surface area contributed by atoms with Crippen molar-refractivity contribution in [3.8, 4) is 16.1 Å². The first-order valence-corrected chi connectivity index (χ1v) is 12.8. The van der Waals surface area contributed by atoms with Gasteiger partial charge < -0.3 is 10.6 Å². The van der Waals surface area contributed by atoms with E-state index in [-0.39, 0.29) is 17.4 Å². The third-order valence-electron chi connectivity index (χ3n) is 6.47. The van der Waals surface area contributed by atoms with Crippen molar-refractivity contribution >= 4 is 17.2 Å². The molecule has 2 heterocycles. The van der Waals surface area contributed by atoms with Gasteiger partial charge in [-0.25, -0.2) is 4.39 Å². The molecule has 0 radical (unpaired) electrons. The van der Waals surface area contributed by atoms with Gasteiger partial charge in [0.2, 0.25) is 0 Å². The Morgan fingerprint density at radius 3 is 2.67 bits per heavy atom. The molecule has 8 heteroatoms. The number of rotatable bonds is 7. The number of amides is 1. The van der Waals surface area contributed by atoms with Crippen LogP contribution in [0.15, 0.2) is 65.5 Å². The molecule has 0 bridgehead atoms. The van der Waals surface area contributed by atoms with Gasteiger partial charge in [-0.1, -0.05) is 18.2 Å². The summed E-state index contributed by atoms with van der Waals surface area (Å²) in [6.07, 6.45) is 3.47. The maximum Gasteiger partial charge on any atom is 0.272 e. The zero-order valence-electron chi connectivity index (χ0n) is 20.2. The molecule has 0 aliphatic heterocycles. The molecule has 0 spiro atoms.